The van der Waals surface area contributed by atoms with E-state index in [2.05, 4.69) is 4.89 Å². The summed E-state index contributed by atoms with van der Waals surface area (Å²) in [5.41, 5.74) is 0. The first kappa shape index (κ1) is 7.15. The summed E-state index contributed by atoms with van der Waals surface area (Å²) in [5, 5.41) is 23.2. The third-order valence-corrected chi connectivity index (χ3v) is 0.423. The van der Waals surface area contributed by atoms with Gasteiger partial charge >= 0.3 is 6.09 Å². The molecule has 0 spiro atoms. The number of aliphatic hydroxyl groups is 1. The zero-order valence-corrected chi connectivity index (χ0v) is 3.81. The zero-order valence-electron chi connectivity index (χ0n) is 3.81. The third-order valence-electron chi connectivity index (χ3n) is 0.423. The molecule has 48 valence electrons. The van der Waals surface area contributed by atoms with Crippen molar-refractivity contribution in [2.24, 2.45) is 0 Å². The summed E-state index contributed by atoms with van der Waals surface area (Å²) in [6, 6.07) is 0. The molecule has 0 aromatic rings. The molecule has 0 saturated heterocycles. The number of hydrogen-bond donors (Lipinski definition) is 3. The standard InChI is InChI=1S/C2H5NO5/c4-1-3(6)2(5)8-7/h4,6-7H,1H2. The molecule has 3 N–H and O–H groups in total. The van der Waals surface area contributed by atoms with Crippen LogP contribution < -0.4 is 0 Å². The Balaban J connectivity index is 3.46. The fraction of sp³-hybridized carbons (Fsp3) is 0.500. The summed E-state index contributed by atoms with van der Waals surface area (Å²) < 4.78 is 0. The molecule has 8 heavy (non-hydrogen) atoms. The quantitative estimate of drug-likeness (QED) is 0.184. The Morgan fingerprint density at radius 2 is 2.25 bits per heavy atom. The van der Waals surface area contributed by atoms with Gasteiger partial charge in [-0.25, -0.2) is 4.79 Å². The van der Waals surface area contributed by atoms with Crippen molar-refractivity contribution in [2.75, 3.05) is 6.73 Å². The van der Waals surface area contributed by atoms with Crippen LogP contribution in [0.15, 0.2) is 0 Å². The van der Waals surface area contributed by atoms with Gasteiger partial charge in [-0.3, -0.25) is 10.1 Å². The fourth-order valence-electron chi connectivity index (χ4n) is 0.105. The number of nitrogens with zero attached hydrogens (tertiary/aromatic N) is 1. The molecule has 0 bridgehead atoms. The van der Waals surface area contributed by atoms with Crippen LogP contribution in [0.2, 0.25) is 0 Å². The number of carbonyl (C=O) groups excluding carboxylic acids is 1. The van der Waals surface area contributed by atoms with E-state index < -0.39 is 12.8 Å². The second-order valence-corrected chi connectivity index (χ2v) is 0.898. The van der Waals surface area contributed by atoms with E-state index in [9.17, 15) is 4.79 Å². The monoisotopic (exact) mass is 123 g/mol. The average Bonchev–Trinajstić information content (AvgIpc) is 1.84. The number of hydroxylamine groups is 2. The van der Waals surface area contributed by atoms with Gasteiger partial charge in [0.05, 0.1) is 0 Å². The first-order chi connectivity index (χ1) is 3.72. The van der Waals surface area contributed by atoms with Gasteiger partial charge in [0.1, 0.15) is 6.73 Å². The molecule has 1 amide bonds. The minimum absolute atomic E-state index is 0.208. The third kappa shape index (κ3) is 1.73. The van der Waals surface area contributed by atoms with Gasteiger partial charge in [0, 0.05) is 0 Å². The summed E-state index contributed by atoms with van der Waals surface area (Å²) in [6.07, 6.45) is -1.42. The van der Waals surface area contributed by atoms with E-state index in [0.29, 0.717) is 0 Å². The second kappa shape index (κ2) is 3.19. The minimum Gasteiger partial charge on any atom is -0.374 e. The minimum atomic E-state index is -1.42. The van der Waals surface area contributed by atoms with E-state index in [1.165, 1.54) is 0 Å². The lowest BCUT2D eigenvalue weighted by Gasteiger charge is -2.05. The topological polar surface area (TPSA) is 90.2 Å². The van der Waals surface area contributed by atoms with Gasteiger partial charge in [-0.15, -0.1) is 0 Å². The van der Waals surface area contributed by atoms with Crippen LogP contribution >= 0.6 is 0 Å². The molecule has 0 aromatic carbocycles. The first-order valence-electron chi connectivity index (χ1n) is 1.65. The van der Waals surface area contributed by atoms with Gasteiger partial charge in [-0.2, -0.15) is 10.3 Å². The van der Waals surface area contributed by atoms with E-state index in [0.717, 1.165) is 0 Å². The van der Waals surface area contributed by atoms with E-state index in [4.69, 9.17) is 15.6 Å². The molecule has 6 heteroatoms. The normalized spacial score (nSPS) is 8.38. The maximum absolute atomic E-state index is 9.79. The van der Waals surface area contributed by atoms with Crippen molar-refractivity contribution in [1.82, 2.24) is 5.06 Å². The molecule has 0 rings (SSSR count). The van der Waals surface area contributed by atoms with Crippen LogP contribution in [0.1, 0.15) is 0 Å². The second-order valence-electron chi connectivity index (χ2n) is 0.898. The maximum Gasteiger partial charge on any atom is 0.467 e. The number of amides is 1. The molecule has 0 aliphatic carbocycles. The summed E-state index contributed by atoms with van der Waals surface area (Å²) in [4.78, 5) is 12.8. The predicted molar refractivity (Wildman–Crippen MR) is 19.8 cm³/mol. The predicted octanol–water partition coefficient (Wildman–Crippen LogP) is -0.763. The molecule has 0 saturated carbocycles. The zero-order chi connectivity index (χ0) is 6.57. The fourth-order valence-corrected chi connectivity index (χ4v) is 0.105. The summed E-state index contributed by atoms with van der Waals surface area (Å²) in [6.45, 7) is -0.917. The molecule has 0 radical (unpaired) electrons. The van der Waals surface area contributed by atoms with Crippen LogP contribution in [-0.2, 0) is 4.89 Å². The number of rotatable bonds is 1. The molecule has 0 fully saturated rings. The molecular weight excluding hydrogens is 118 g/mol. The first-order valence-corrected chi connectivity index (χ1v) is 1.65. The van der Waals surface area contributed by atoms with E-state index >= 15 is 0 Å². The molecule has 0 unspecified atom stereocenters. The van der Waals surface area contributed by atoms with Gasteiger partial charge in [0.2, 0.25) is 0 Å². The lowest BCUT2D eigenvalue weighted by Crippen LogP contribution is -2.27. The Hall–Kier alpha value is -0.850. The lowest BCUT2D eigenvalue weighted by molar-refractivity contribution is -0.225. The summed E-state index contributed by atoms with van der Waals surface area (Å²) in [5.74, 6) is 0. The highest BCUT2D eigenvalue weighted by Crippen LogP contribution is 1.81. The largest absolute Gasteiger partial charge is 0.467 e. The Morgan fingerprint density at radius 1 is 1.75 bits per heavy atom. The smallest absolute Gasteiger partial charge is 0.374 e. The average molecular weight is 123 g/mol. The van der Waals surface area contributed by atoms with Gasteiger partial charge < -0.3 is 5.11 Å². The van der Waals surface area contributed by atoms with Crippen LogP contribution in [0.4, 0.5) is 4.79 Å². The summed E-state index contributed by atoms with van der Waals surface area (Å²) >= 11 is 0. The Morgan fingerprint density at radius 3 is 2.38 bits per heavy atom. The molecule has 0 atom stereocenters. The Bertz CT molecular complexity index is 82.5. The van der Waals surface area contributed by atoms with Gasteiger partial charge in [0.25, 0.3) is 0 Å². The number of carbonyl (C=O) groups is 1. The Kier molecular flexibility index (Phi) is 2.85. The van der Waals surface area contributed by atoms with Gasteiger partial charge in [0.15, 0.2) is 0 Å². The van der Waals surface area contributed by atoms with Crippen molar-refractivity contribution in [3.05, 3.63) is 0 Å². The van der Waals surface area contributed by atoms with Crippen molar-refractivity contribution in [2.45, 2.75) is 0 Å². The van der Waals surface area contributed by atoms with Crippen molar-refractivity contribution < 1.29 is 25.3 Å². The molecule has 0 aliphatic heterocycles. The summed E-state index contributed by atoms with van der Waals surface area (Å²) in [7, 11) is 0. The van der Waals surface area contributed by atoms with Crippen molar-refractivity contribution >= 4 is 6.09 Å². The van der Waals surface area contributed by atoms with Crippen molar-refractivity contribution in [1.29, 1.82) is 0 Å². The lowest BCUT2D eigenvalue weighted by atomic mass is 11.0. The van der Waals surface area contributed by atoms with Gasteiger partial charge in [-0.05, 0) is 0 Å². The number of aliphatic hydroxyl groups excluding tert-OH is 1. The van der Waals surface area contributed by atoms with E-state index in [-0.39, 0.29) is 5.06 Å². The van der Waals surface area contributed by atoms with Crippen molar-refractivity contribution in [3.8, 4) is 0 Å². The van der Waals surface area contributed by atoms with E-state index in [1.54, 1.807) is 0 Å². The van der Waals surface area contributed by atoms with Gasteiger partial charge in [-0.1, -0.05) is 0 Å². The van der Waals surface area contributed by atoms with Crippen LogP contribution in [-0.4, -0.2) is 33.5 Å². The van der Waals surface area contributed by atoms with E-state index in [1.807, 2.05) is 0 Å². The highest BCUT2D eigenvalue weighted by molar-refractivity contribution is 5.64. The molecular formula is C2H5NO5. The molecule has 6 nitrogen and oxygen atoms in total. The SMILES string of the molecule is O=C(OO)N(O)CO. The van der Waals surface area contributed by atoms with Crippen LogP contribution in [0.5, 0.6) is 0 Å². The molecule has 0 aliphatic rings. The maximum atomic E-state index is 9.79. The van der Waals surface area contributed by atoms with Crippen LogP contribution in [0.25, 0.3) is 0 Å². The highest BCUT2D eigenvalue weighted by atomic mass is 17.1. The molecule has 0 aromatic heterocycles. The van der Waals surface area contributed by atoms with Crippen LogP contribution in [0, 0.1) is 0 Å². The highest BCUT2D eigenvalue weighted by Gasteiger charge is 2.08. The Labute approximate surface area is 44.4 Å². The number of hydrogen-bond acceptors (Lipinski definition) is 5. The molecule has 0 heterocycles. The van der Waals surface area contributed by atoms with Crippen LogP contribution in [0.3, 0.4) is 0 Å². The van der Waals surface area contributed by atoms with Crippen molar-refractivity contribution in [3.63, 3.8) is 0 Å².